The Morgan fingerprint density at radius 1 is 1.38 bits per heavy atom. The van der Waals surface area contributed by atoms with Gasteiger partial charge in [0.15, 0.2) is 5.03 Å². The summed E-state index contributed by atoms with van der Waals surface area (Å²) in [5, 5.41) is 5.15. The molecule has 1 aromatic heterocycles. The number of aromatic nitrogens is 2. The van der Waals surface area contributed by atoms with Crippen molar-refractivity contribution < 1.29 is 13.2 Å². The molecule has 0 saturated carbocycles. The summed E-state index contributed by atoms with van der Waals surface area (Å²) in [6.07, 6.45) is 2.34. The Hall–Kier alpha value is -0.920. The largest absolute Gasteiger partial charge is 0.367 e. The first-order valence-corrected chi connectivity index (χ1v) is 8.70. The molecule has 0 bridgehead atoms. The van der Waals surface area contributed by atoms with Crippen molar-refractivity contribution in [2.45, 2.75) is 76.2 Å². The first-order valence-electron chi connectivity index (χ1n) is 7.15. The molecule has 1 fully saturated rings. The van der Waals surface area contributed by atoms with Gasteiger partial charge in [0.1, 0.15) is 5.82 Å². The third kappa shape index (κ3) is 3.14. The van der Waals surface area contributed by atoms with Crippen LogP contribution < -0.4 is 5.14 Å². The van der Waals surface area contributed by atoms with Gasteiger partial charge in [0.2, 0.25) is 0 Å². The molecule has 0 amide bonds. The molecule has 0 radical (unpaired) electrons. The van der Waals surface area contributed by atoms with Gasteiger partial charge in [-0.15, -0.1) is 0 Å². The highest BCUT2D eigenvalue weighted by Crippen LogP contribution is 2.46. The smallest absolute Gasteiger partial charge is 0.257 e. The molecule has 1 unspecified atom stereocenters. The van der Waals surface area contributed by atoms with E-state index in [0.29, 0.717) is 0 Å². The van der Waals surface area contributed by atoms with E-state index in [-0.39, 0.29) is 22.6 Å². The van der Waals surface area contributed by atoms with Gasteiger partial charge in [-0.1, -0.05) is 13.8 Å². The number of hydrogen-bond donors (Lipinski definition) is 1. The Morgan fingerprint density at radius 2 is 1.95 bits per heavy atom. The zero-order valence-corrected chi connectivity index (χ0v) is 14.4. The third-order valence-corrected chi connectivity index (χ3v) is 4.69. The standard InChI is InChI=1S/C14H25N3O3S/c1-9(2)12-16-11(21(15,18)19)8-17(12)10-7-13(3,4)20-14(10,5)6/h8-10H,7H2,1-6H3,(H2,15,18,19). The number of nitrogens with two attached hydrogens (primary N) is 1. The maximum absolute atomic E-state index is 11.6. The lowest BCUT2D eigenvalue weighted by molar-refractivity contribution is -0.0731. The molecule has 2 N–H and O–H groups in total. The number of rotatable bonds is 3. The second-order valence-electron chi connectivity index (χ2n) is 7.23. The van der Waals surface area contributed by atoms with Crippen LogP contribution >= 0.6 is 0 Å². The van der Waals surface area contributed by atoms with Crippen molar-refractivity contribution in [2.24, 2.45) is 5.14 Å². The molecule has 21 heavy (non-hydrogen) atoms. The number of primary sulfonamides is 1. The molecule has 1 aliphatic rings. The van der Waals surface area contributed by atoms with Crippen molar-refractivity contribution in [3.63, 3.8) is 0 Å². The Labute approximate surface area is 126 Å². The first kappa shape index (κ1) is 16.5. The zero-order valence-electron chi connectivity index (χ0n) is 13.5. The molecule has 1 atom stereocenters. The van der Waals surface area contributed by atoms with E-state index in [1.165, 1.54) is 0 Å². The molecule has 0 aromatic carbocycles. The predicted octanol–water partition coefficient (Wildman–Crippen LogP) is 2.17. The number of imidazole rings is 1. The highest BCUT2D eigenvalue weighted by molar-refractivity contribution is 7.89. The van der Waals surface area contributed by atoms with E-state index >= 15 is 0 Å². The van der Waals surface area contributed by atoms with Gasteiger partial charge in [0.25, 0.3) is 10.0 Å². The van der Waals surface area contributed by atoms with Gasteiger partial charge in [0, 0.05) is 12.1 Å². The second kappa shape index (κ2) is 4.79. The van der Waals surface area contributed by atoms with Crippen molar-refractivity contribution in [1.29, 1.82) is 0 Å². The molecule has 6 nitrogen and oxygen atoms in total. The number of ether oxygens (including phenoxy) is 1. The van der Waals surface area contributed by atoms with Crippen LogP contribution in [-0.4, -0.2) is 29.2 Å². The van der Waals surface area contributed by atoms with Crippen LogP contribution in [0.3, 0.4) is 0 Å². The van der Waals surface area contributed by atoms with E-state index < -0.39 is 15.6 Å². The molecule has 7 heteroatoms. The third-order valence-electron chi connectivity index (χ3n) is 3.91. The van der Waals surface area contributed by atoms with Crippen molar-refractivity contribution in [3.05, 3.63) is 12.0 Å². The molecule has 120 valence electrons. The van der Waals surface area contributed by atoms with Crippen LogP contribution in [0.25, 0.3) is 0 Å². The Balaban J connectivity index is 2.56. The zero-order chi connectivity index (χ0) is 16.2. The van der Waals surface area contributed by atoms with Gasteiger partial charge < -0.3 is 9.30 Å². The van der Waals surface area contributed by atoms with E-state index in [1.54, 1.807) is 6.20 Å². The van der Waals surface area contributed by atoms with E-state index in [2.05, 4.69) is 4.98 Å². The predicted molar refractivity (Wildman–Crippen MR) is 80.6 cm³/mol. The monoisotopic (exact) mass is 315 g/mol. The van der Waals surface area contributed by atoms with Gasteiger partial charge in [-0.25, -0.2) is 18.5 Å². The summed E-state index contributed by atoms with van der Waals surface area (Å²) in [7, 11) is -3.81. The van der Waals surface area contributed by atoms with Crippen molar-refractivity contribution in [1.82, 2.24) is 9.55 Å². The van der Waals surface area contributed by atoms with Gasteiger partial charge in [-0.3, -0.25) is 0 Å². The first-order chi connectivity index (χ1) is 9.33. The Morgan fingerprint density at radius 3 is 2.33 bits per heavy atom. The lowest BCUT2D eigenvalue weighted by Crippen LogP contribution is -2.31. The fourth-order valence-electron chi connectivity index (χ4n) is 3.17. The molecule has 2 rings (SSSR count). The summed E-state index contributed by atoms with van der Waals surface area (Å²) < 4.78 is 31.2. The average molecular weight is 315 g/mol. The topological polar surface area (TPSA) is 87.2 Å². The van der Waals surface area contributed by atoms with Crippen LogP contribution in [0.2, 0.25) is 0 Å². The Kier molecular flexibility index (Phi) is 3.75. The van der Waals surface area contributed by atoms with E-state index in [4.69, 9.17) is 9.88 Å². The summed E-state index contributed by atoms with van der Waals surface area (Å²) in [4.78, 5) is 4.23. The van der Waals surface area contributed by atoms with E-state index in [0.717, 1.165) is 12.2 Å². The summed E-state index contributed by atoms with van der Waals surface area (Å²) >= 11 is 0. The van der Waals surface area contributed by atoms with Crippen molar-refractivity contribution in [3.8, 4) is 0 Å². The quantitative estimate of drug-likeness (QED) is 0.926. The van der Waals surface area contributed by atoms with Crippen LogP contribution in [0.1, 0.15) is 65.7 Å². The van der Waals surface area contributed by atoms with Crippen LogP contribution in [0, 0.1) is 0 Å². The SMILES string of the molecule is CC(C)c1nc(S(N)(=O)=O)cn1C1CC(C)(C)OC1(C)C. The van der Waals surface area contributed by atoms with Gasteiger partial charge in [-0.2, -0.15) is 0 Å². The fourth-order valence-corrected chi connectivity index (χ4v) is 3.65. The highest BCUT2D eigenvalue weighted by atomic mass is 32.2. The number of sulfonamides is 1. The molecular formula is C14H25N3O3S. The van der Waals surface area contributed by atoms with Gasteiger partial charge >= 0.3 is 0 Å². The number of hydrogen-bond acceptors (Lipinski definition) is 4. The fraction of sp³-hybridized carbons (Fsp3) is 0.786. The van der Waals surface area contributed by atoms with Crippen LogP contribution in [-0.2, 0) is 14.8 Å². The summed E-state index contributed by atoms with van der Waals surface area (Å²) in [5.41, 5.74) is -0.655. The summed E-state index contributed by atoms with van der Waals surface area (Å²) in [6, 6.07) is 0.0212. The molecule has 2 heterocycles. The minimum absolute atomic E-state index is 0.0212. The lowest BCUT2D eigenvalue weighted by atomic mass is 9.94. The molecule has 1 aliphatic heterocycles. The molecule has 0 spiro atoms. The maximum atomic E-state index is 11.6. The molecule has 1 aromatic rings. The normalized spacial score (nSPS) is 24.7. The minimum atomic E-state index is -3.81. The molecular weight excluding hydrogens is 290 g/mol. The Bertz CT molecular complexity index is 644. The van der Waals surface area contributed by atoms with Crippen LogP contribution in [0.15, 0.2) is 11.2 Å². The minimum Gasteiger partial charge on any atom is -0.367 e. The highest BCUT2D eigenvalue weighted by Gasteiger charge is 2.47. The van der Waals surface area contributed by atoms with E-state index in [9.17, 15) is 8.42 Å². The van der Waals surface area contributed by atoms with E-state index in [1.807, 2.05) is 46.1 Å². The van der Waals surface area contributed by atoms with Crippen LogP contribution in [0.5, 0.6) is 0 Å². The summed E-state index contributed by atoms with van der Waals surface area (Å²) in [6.45, 7) is 12.1. The van der Waals surface area contributed by atoms with Gasteiger partial charge in [-0.05, 0) is 34.1 Å². The van der Waals surface area contributed by atoms with Crippen molar-refractivity contribution >= 4 is 10.0 Å². The van der Waals surface area contributed by atoms with Crippen molar-refractivity contribution in [2.75, 3.05) is 0 Å². The number of nitrogens with zero attached hydrogens (tertiary/aromatic N) is 2. The average Bonchev–Trinajstić information content (AvgIpc) is 2.75. The summed E-state index contributed by atoms with van der Waals surface area (Å²) in [5.74, 6) is 0.818. The maximum Gasteiger partial charge on any atom is 0.257 e. The lowest BCUT2D eigenvalue weighted by Gasteiger charge is -2.29. The van der Waals surface area contributed by atoms with Gasteiger partial charge in [0.05, 0.1) is 17.2 Å². The second-order valence-corrected chi connectivity index (χ2v) is 8.74. The molecule has 1 saturated heterocycles. The molecule has 0 aliphatic carbocycles. The van der Waals surface area contributed by atoms with Crippen LogP contribution in [0.4, 0.5) is 0 Å².